The van der Waals surface area contributed by atoms with Crippen molar-refractivity contribution in [2.75, 3.05) is 62.0 Å². The Kier molecular flexibility index (Phi) is 8.10. The number of piperidine rings is 1. The second kappa shape index (κ2) is 11.9. The number of aryl methyl sites for hydroxylation is 1. The maximum absolute atomic E-state index is 15.5. The van der Waals surface area contributed by atoms with Gasteiger partial charge >= 0.3 is 0 Å². The smallest absolute Gasteiger partial charge is 0.261 e. The number of nitrogens with zero attached hydrogens (tertiary/aromatic N) is 4. The van der Waals surface area contributed by atoms with Crippen LogP contribution in [0.2, 0.25) is 0 Å². The predicted octanol–water partition coefficient (Wildman–Crippen LogP) is 5.37. The van der Waals surface area contributed by atoms with Crippen molar-refractivity contribution in [3.8, 4) is 0 Å². The fourth-order valence-electron chi connectivity index (χ4n) is 6.38. The first-order valence-corrected chi connectivity index (χ1v) is 15.5. The van der Waals surface area contributed by atoms with E-state index in [1.807, 2.05) is 29.4 Å². The fourth-order valence-corrected chi connectivity index (χ4v) is 6.92. The van der Waals surface area contributed by atoms with E-state index in [9.17, 15) is 4.79 Å². The number of carbonyl (C=O) groups excluding carboxylic acids is 1. The lowest BCUT2D eigenvalue weighted by Gasteiger charge is -2.30. The minimum absolute atomic E-state index is 0.117. The van der Waals surface area contributed by atoms with Crippen molar-refractivity contribution >= 4 is 29.0 Å². The number of benzene rings is 2. The Morgan fingerprint density at radius 2 is 1.80 bits per heavy atom. The van der Waals surface area contributed by atoms with E-state index in [4.69, 9.17) is 4.74 Å². The molecule has 6 nitrogen and oxygen atoms in total. The van der Waals surface area contributed by atoms with Gasteiger partial charge in [0.25, 0.3) is 5.91 Å². The van der Waals surface area contributed by atoms with Gasteiger partial charge in [-0.15, -0.1) is 11.8 Å². The van der Waals surface area contributed by atoms with Crippen LogP contribution in [0.4, 0.5) is 15.8 Å². The van der Waals surface area contributed by atoms with Gasteiger partial charge in [0.05, 0.1) is 24.5 Å². The van der Waals surface area contributed by atoms with Gasteiger partial charge in [-0.05, 0) is 71.9 Å². The first-order valence-electron chi connectivity index (χ1n) is 14.3. The molecule has 0 spiro atoms. The number of hydrogen-bond acceptors (Lipinski definition) is 6. The summed E-state index contributed by atoms with van der Waals surface area (Å²) in [5.41, 5.74) is 4.45. The van der Waals surface area contributed by atoms with Gasteiger partial charge in [0, 0.05) is 51.2 Å². The molecule has 2 aromatic carbocycles. The molecular formula is C32H37FN4O2S. The third-order valence-corrected chi connectivity index (χ3v) is 9.42. The number of anilines is 2. The Bertz CT molecular complexity index is 1330. The molecule has 2 aliphatic heterocycles. The second-order valence-corrected chi connectivity index (χ2v) is 11.9. The number of amides is 1. The standard InChI is InChI=1S/C32H37FN4O2S/c1-3-22-6-8-23(9-7-22)18-35-19-26-27(20-35)28(26)21-37(32(38)25-5-4-12-34-31(25)40-2)24-10-11-30(29(33)17-24)36-13-15-39-16-14-36/h4-12,17,26-28H,3,13-16,18-21H2,1-2H3. The summed E-state index contributed by atoms with van der Waals surface area (Å²) in [7, 11) is 0. The van der Waals surface area contributed by atoms with Gasteiger partial charge in [0.15, 0.2) is 0 Å². The maximum atomic E-state index is 15.5. The molecule has 8 heteroatoms. The van der Waals surface area contributed by atoms with Crippen molar-refractivity contribution in [3.05, 3.63) is 83.3 Å². The first kappa shape index (κ1) is 27.2. The molecule has 1 amide bonds. The molecule has 2 atom stereocenters. The molecule has 40 heavy (non-hydrogen) atoms. The normalized spacial score (nSPS) is 22.3. The van der Waals surface area contributed by atoms with Crippen molar-refractivity contribution in [2.24, 2.45) is 17.8 Å². The van der Waals surface area contributed by atoms with Crippen molar-refractivity contribution in [3.63, 3.8) is 0 Å². The van der Waals surface area contributed by atoms with Gasteiger partial charge in [-0.2, -0.15) is 0 Å². The Hall–Kier alpha value is -2.94. The highest BCUT2D eigenvalue weighted by Gasteiger charge is 2.56. The number of carbonyl (C=O) groups is 1. The molecule has 2 unspecified atom stereocenters. The van der Waals surface area contributed by atoms with E-state index in [1.54, 1.807) is 17.2 Å². The van der Waals surface area contributed by atoms with E-state index in [0.717, 1.165) is 26.1 Å². The van der Waals surface area contributed by atoms with Crippen LogP contribution in [0.3, 0.4) is 0 Å². The van der Waals surface area contributed by atoms with E-state index < -0.39 is 0 Å². The number of hydrogen-bond donors (Lipinski definition) is 0. The topological polar surface area (TPSA) is 48.9 Å². The Morgan fingerprint density at radius 1 is 1.07 bits per heavy atom. The molecule has 6 rings (SSSR count). The molecule has 1 saturated carbocycles. The largest absolute Gasteiger partial charge is 0.378 e. The zero-order valence-electron chi connectivity index (χ0n) is 23.3. The lowest BCUT2D eigenvalue weighted by molar-refractivity contribution is 0.0980. The monoisotopic (exact) mass is 560 g/mol. The minimum atomic E-state index is -0.301. The van der Waals surface area contributed by atoms with Gasteiger partial charge in [0.1, 0.15) is 10.8 Å². The number of thioether (sulfide) groups is 1. The third-order valence-electron chi connectivity index (χ3n) is 8.71. The lowest BCUT2D eigenvalue weighted by Crippen LogP contribution is -2.37. The van der Waals surface area contributed by atoms with Gasteiger partial charge < -0.3 is 14.5 Å². The number of aromatic nitrogens is 1. The molecule has 0 radical (unpaired) electrons. The summed E-state index contributed by atoms with van der Waals surface area (Å²) in [4.78, 5) is 24.7. The van der Waals surface area contributed by atoms with E-state index in [2.05, 4.69) is 41.1 Å². The van der Waals surface area contributed by atoms with Crippen LogP contribution < -0.4 is 9.80 Å². The van der Waals surface area contributed by atoms with E-state index in [1.165, 1.54) is 29.0 Å². The minimum Gasteiger partial charge on any atom is -0.378 e. The quantitative estimate of drug-likeness (QED) is 0.328. The van der Waals surface area contributed by atoms with E-state index in [0.29, 0.717) is 72.6 Å². The average Bonchev–Trinajstić information content (AvgIpc) is 3.44. The Morgan fingerprint density at radius 3 is 2.48 bits per heavy atom. The molecule has 0 N–H and O–H groups in total. The summed E-state index contributed by atoms with van der Waals surface area (Å²) in [6, 6.07) is 17.8. The van der Waals surface area contributed by atoms with Gasteiger partial charge in [0.2, 0.25) is 0 Å². The molecule has 1 aromatic heterocycles. The molecule has 0 bridgehead atoms. The number of morpholine rings is 1. The molecule has 3 fully saturated rings. The summed E-state index contributed by atoms with van der Waals surface area (Å²) in [5.74, 6) is 1.13. The Balaban J connectivity index is 1.19. The highest BCUT2D eigenvalue weighted by Crippen LogP contribution is 2.52. The number of pyridine rings is 1. The summed E-state index contributed by atoms with van der Waals surface area (Å²) in [6.45, 7) is 8.33. The van der Waals surface area contributed by atoms with Crippen LogP contribution in [-0.4, -0.2) is 68.0 Å². The van der Waals surface area contributed by atoms with E-state index >= 15 is 4.39 Å². The van der Waals surface area contributed by atoms with Crippen molar-refractivity contribution in [1.29, 1.82) is 0 Å². The summed E-state index contributed by atoms with van der Waals surface area (Å²) in [5, 5.41) is 0.694. The Labute approximate surface area is 240 Å². The van der Waals surface area contributed by atoms with Crippen LogP contribution >= 0.6 is 11.8 Å². The van der Waals surface area contributed by atoms with Gasteiger partial charge in [-0.25, -0.2) is 9.37 Å². The molecule has 1 aliphatic carbocycles. The summed E-state index contributed by atoms with van der Waals surface area (Å²) >= 11 is 1.46. The summed E-state index contributed by atoms with van der Waals surface area (Å²) in [6.07, 6.45) is 4.69. The molecule has 2 saturated heterocycles. The molecule has 3 aliphatic rings. The molecule has 3 aromatic rings. The zero-order valence-corrected chi connectivity index (χ0v) is 24.1. The van der Waals surface area contributed by atoms with Gasteiger partial charge in [-0.1, -0.05) is 31.2 Å². The average molecular weight is 561 g/mol. The highest BCUT2D eigenvalue weighted by molar-refractivity contribution is 7.98. The predicted molar refractivity (Wildman–Crippen MR) is 159 cm³/mol. The lowest BCUT2D eigenvalue weighted by atomic mass is 10.1. The summed E-state index contributed by atoms with van der Waals surface area (Å²) < 4.78 is 20.9. The third kappa shape index (κ3) is 5.62. The fraction of sp³-hybridized carbons (Fsp3) is 0.438. The van der Waals surface area contributed by atoms with Crippen molar-refractivity contribution in [1.82, 2.24) is 9.88 Å². The zero-order chi connectivity index (χ0) is 27.6. The van der Waals surface area contributed by atoms with Crippen LogP contribution in [0.1, 0.15) is 28.4 Å². The second-order valence-electron chi connectivity index (χ2n) is 11.1. The van der Waals surface area contributed by atoms with E-state index in [-0.39, 0.29) is 11.7 Å². The van der Waals surface area contributed by atoms with Crippen LogP contribution in [0, 0.1) is 23.6 Å². The molecular weight excluding hydrogens is 523 g/mol. The highest BCUT2D eigenvalue weighted by atomic mass is 32.2. The van der Waals surface area contributed by atoms with Gasteiger partial charge in [-0.3, -0.25) is 9.69 Å². The van der Waals surface area contributed by atoms with Crippen molar-refractivity contribution < 1.29 is 13.9 Å². The number of ether oxygens (including phenoxy) is 1. The maximum Gasteiger partial charge on any atom is 0.261 e. The number of halogens is 1. The molecule has 3 heterocycles. The molecule has 210 valence electrons. The van der Waals surface area contributed by atoms with Crippen LogP contribution in [0.25, 0.3) is 0 Å². The van der Waals surface area contributed by atoms with Crippen LogP contribution in [0.15, 0.2) is 65.8 Å². The number of likely N-dealkylation sites (tertiary alicyclic amines) is 1. The SMILES string of the molecule is CCc1ccc(CN2CC3C(C2)C3CN(C(=O)c2cccnc2SC)c2ccc(N3CCOCC3)c(F)c2)cc1. The number of fused-ring (bicyclic) bond motifs is 1. The van der Waals surface area contributed by atoms with Crippen LogP contribution in [0.5, 0.6) is 0 Å². The van der Waals surface area contributed by atoms with Crippen molar-refractivity contribution in [2.45, 2.75) is 24.9 Å². The number of rotatable bonds is 9. The first-order chi connectivity index (χ1) is 19.6. The van der Waals surface area contributed by atoms with Crippen LogP contribution in [-0.2, 0) is 17.7 Å².